The number of amides is 2. The van der Waals surface area contributed by atoms with Crippen LogP contribution in [0.15, 0.2) is 30.9 Å². The van der Waals surface area contributed by atoms with Crippen LogP contribution in [-0.4, -0.2) is 55.1 Å². The van der Waals surface area contributed by atoms with Crippen molar-refractivity contribution in [3.8, 4) is 0 Å². The molecule has 0 aliphatic carbocycles. The number of esters is 1. The van der Waals surface area contributed by atoms with Crippen LogP contribution in [-0.2, 0) is 9.53 Å². The molecule has 44 heavy (non-hydrogen) atoms. The molecule has 8 bridgehead atoms. The van der Waals surface area contributed by atoms with Gasteiger partial charge in [0.15, 0.2) is 0 Å². The average molecular weight is 594 g/mol. The van der Waals surface area contributed by atoms with Crippen LogP contribution < -0.4 is 0 Å². The van der Waals surface area contributed by atoms with Crippen molar-refractivity contribution < 1.29 is 24.3 Å². The second-order valence-electron chi connectivity index (χ2n) is 11.6. The zero-order valence-electron chi connectivity index (χ0n) is 25.7. The fourth-order valence-corrected chi connectivity index (χ4v) is 6.75. The van der Waals surface area contributed by atoms with Crippen molar-refractivity contribution >= 4 is 51.1 Å². The number of carbonyl (C=O) groups is 3. The van der Waals surface area contributed by atoms with Crippen molar-refractivity contribution in [2.45, 2.75) is 65.7 Å². The Bertz CT molecular complexity index is 1940. The maximum atomic E-state index is 13.7. The molecule has 3 N–H and O–H groups in total. The molecule has 0 fully saturated rings. The van der Waals surface area contributed by atoms with E-state index in [0.29, 0.717) is 28.7 Å². The van der Waals surface area contributed by atoms with E-state index in [1.54, 1.807) is 13.0 Å². The summed E-state index contributed by atoms with van der Waals surface area (Å²) in [7, 11) is 1.34. The molecule has 226 valence electrons. The molecule has 0 spiro atoms. The zero-order valence-corrected chi connectivity index (χ0v) is 25.7. The molecule has 0 saturated carbocycles. The number of hydroxylamine groups is 2. The van der Waals surface area contributed by atoms with Gasteiger partial charge in [0.05, 0.1) is 46.5 Å². The molecule has 2 atom stereocenters. The van der Waals surface area contributed by atoms with E-state index in [1.807, 2.05) is 39.0 Å². The molecular weight excluding hydrogens is 558 g/mol. The quantitative estimate of drug-likeness (QED) is 0.201. The number of nitrogens with zero attached hydrogens (tertiary/aromatic N) is 3. The Morgan fingerprint density at radius 1 is 1.02 bits per heavy atom. The number of ether oxygens (including phenoxy) is 1. The van der Waals surface area contributed by atoms with Crippen LogP contribution in [0.3, 0.4) is 0 Å². The van der Waals surface area contributed by atoms with Gasteiger partial charge in [-0.1, -0.05) is 26.5 Å². The Labute approximate surface area is 254 Å². The molecule has 4 aliphatic rings. The van der Waals surface area contributed by atoms with Gasteiger partial charge in [-0.05, 0) is 74.1 Å². The van der Waals surface area contributed by atoms with E-state index in [1.165, 1.54) is 7.11 Å². The first-order chi connectivity index (χ1) is 21.0. The topological polar surface area (TPSA) is 141 Å². The number of H-pyrrole nitrogens is 2. The summed E-state index contributed by atoms with van der Waals surface area (Å²) >= 11 is 0. The van der Waals surface area contributed by atoms with Crippen LogP contribution >= 0.6 is 0 Å². The minimum Gasteiger partial charge on any atom is -0.469 e. The van der Waals surface area contributed by atoms with Crippen LogP contribution in [0, 0.1) is 6.92 Å². The third kappa shape index (κ3) is 4.31. The smallest absolute Gasteiger partial charge is 0.305 e. The normalized spacial score (nSPS) is 18.7. The Hall–Kier alpha value is -4.83. The Morgan fingerprint density at radius 3 is 2.39 bits per heavy atom. The van der Waals surface area contributed by atoms with Crippen molar-refractivity contribution in [2.75, 3.05) is 7.11 Å². The second-order valence-corrected chi connectivity index (χ2v) is 11.6. The summed E-state index contributed by atoms with van der Waals surface area (Å²) in [4.78, 5) is 56.0. The molecule has 2 amide bonds. The molecule has 2 aromatic heterocycles. The summed E-state index contributed by atoms with van der Waals surface area (Å²) in [5, 5.41) is 11.0. The fourth-order valence-electron chi connectivity index (χ4n) is 6.75. The summed E-state index contributed by atoms with van der Waals surface area (Å²) in [5.41, 5.74) is 10.2. The van der Waals surface area contributed by atoms with E-state index in [2.05, 4.69) is 23.5 Å². The van der Waals surface area contributed by atoms with E-state index in [9.17, 15) is 19.6 Å². The van der Waals surface area contributed by atoms with Gasteiger partial charge in [-0.2, -0.15) is 0 Å². The predicted octanol–water partition coefficient (Wildman–Crippen LogP) is 6.63. The van der Waals surface area contributed by atoms with Gasteiger partial charge in [0.2, 0.25) is 0 Å². The van der Waals surface area contributed by atoms with Crippen LogP contribution in [0.1, 0.15) is 119 Å². The number of rotatable bonds is 5. The third-order valence-corrected chi connectivity index (χ3v) is 9.35. The Morgan fingerprint density at radius 2 is 1.70 bits per heavy atom. The van der Waals surface area contributed by atoms with Crippen molar-refractivity contribution in [1.82, 2.24) is 25.0 Å². The molecule has 6 rings (SSSR count). The van der Waals surface area contributed by atoms with Crippen molar-refractivity contribution in [2.24, 2.45) is 0 Å². The van der Waals surface area contributed by atoms with E-state index in [-0.39, 0.29) is 40.4 Å². The van der Waals surface area contributed by atoms with Crippen molar-refractivity contribution in [1.29, 1.82) is 0 Å². The zero-order chi connectivity index (χ0) is 31.6. The van der Waals surface area contributed by atoms with Crippen LogP contribution in [0.2, 0.25) is 0 Å². The van der Waals surface area contributed by atoms with Crippen molar-refractivity contribution in [3.05, 3.63) is 81.7 Å². The highest BCUT2D eigenvalue weighted by Gasteiger charge is 2.40. The first-order valence-electron chi connectivity index (χ1n) is 14.8. The number of imide groups is 1. The fraction of sp³-hybridized carbons (Fsp3) is 0.324. The first-order valence-corrected chi connectivity index (χ1v) is 14.8. The lowest BCUT2D eigenvalue weighted by Gasteiger charge is -2.22. The Kier molecular flexibility index (Phi) is 7.12. The largest absolute Gasteiger partial charge is 0.469 e. The summed E-state index contributed by atoms with van der Waals surface area (Å²) in [6.45, 7) is 13.9. The lowest BCUT2D eigenvalue weighted by Crippen LogP contribution is -2.38. The highest BCUT2D eigenvalue weighted by Crippen LogP contribution is 2.44. The van der Waals surface area contributed by atoms with Gasteiger partial charge in [-0.15, -0.1) is 5.06 Å². The maximum absolute atomic E-state index is 13.7. The lowest BCUT2D eigenvalue weighted by molar-refractivity contribution is -0.140. The van der Waals surface area contributed by atoms with Crippen molar-refractivity contribution in [3.63, 3.8) is 0 Å². The third-order valence-electron chi connectivity index (χ3n) is 9.35. The number of hydrogen-bond donors (Lipinski definition) is 3. The molecule has 4 aliphatic heterocycles. The Balaban J connectivity index is 1.79. The number of nitrogens with one attached hydrogen (secondary N) is 2. The molecule has 0 unspecified atom stereocenters. The van der Waals surface area contributed by atoms with Gasteiger partial charge in [-0.3, -0.25) is 19.6 Å². The standard InChI is InChI=1S/C34H35N5O5/c1-8-19-15(3)22-12-24-17(5)21(10-11-28(40)44-7)31(37-24)30-32-29(33(41)39(43)34(30)42)18(6)25(38-32)14-27-20(9-2)16(4)23(36-27)13-26(19)35-22/h8,12-14,17,21,37-38,43H,1,9-11H2,2-7H3/t17-,21-/m0/s1. The van der Waals surface area contributed by atoms with Gasteiger partial charge in [0.1, 0.15) is 0 Å². The number of fused-ring (bicyclic) bond motifs is 8. The SMILES string of the molecule is C=CC1=C(C)c2cc3[nH]c(c4c5[nH]c(cc6nc(cc1n2)C(C)=C6CC)c(C)c5C(=O)N(O)C4=O)[C@@H](CCC(=O)OC)[C@@H]3C. The van der Waals surface area contributed by atoms with Crippen LogP contribution in [0.4, 0.5) is 0 Å². The van der Waals surface area contributed by atoms with E-state index < -0.39 is 11.8 Å². The van der Waals surface area contributed by atoms with Gasteiger partial charge < -0.3 is 14.7 Å². The number of allylic oxidation sites excluding steroid dienone is 5. The van der Waals surface area contributed by atoms with E-state index in [4.69, 9.17) is 14.7 Å². The summed E-state index contributed by atoms with van der Waals surface area (Å²) in [6, 6.07) is 5.83. The molecule has 6 heterocycles. The summed E-state index contributed by atoms with van der Waals surface area (Å²) in [6.07, 6.45) is 3.03. The molecule has 10 heteroatoms. The maximum Gasteiger partial charge on any atom is 0.305 e. The molecule has 0 radical (unpaired) electrons. The monoisotopic (exact) mass is 593 g/mol. The molecule has 0 aromatic carbocycles. The van der Waals surface area contributed by atoms with Crippen LogP contribution in [0.25, 0.3) is 33.3 Å². The summed E-state index contributed by atoms with van der Waals surface area (Å²) < 4.78 is 4.91. The van der Waals surface area contributed by atoms with E-state index >= 15 is 0 Å². The molecular formula is C34H35N5O5. The number of carbonyl (C=O) groups excluding carboxylic acids is 3. The number of aromatic amines is 2. The highest BCUT2D eigenvalue weighted by atomic mass is 16.5. The van der Waals surface area contributed by atoms with Gasteiger partial charge in [0, 0.05) is 40.7 Å². The van der Waals surface area contributed by atoms with E-state index in [0.717, 1.165) is 57.2 Å². The molecule has 0 saturated heterocycles. The second kappa shape index (κ2) is 10.7. The van der Waals surface area contributed by atoms with Gasteiger partial charge in [0.25, 0.3) is 11.8 Å². The average Bonchev–Trinajstić information content (AvgIpc) is 3.68. The number of hydrogen-bond acceptors (Lipinski definition) is 7. The highest BCUT2D eigenvalue weighted by molar-refractivity contribution is 6.22. The number of aromatic nitrogens is 4. The lowest BCUT2D eigenvalue weighted by atomic mass is 9.84. The van der Waals surface area contributed by atoms with Gasteiger partial charge >= 0.3 is 5.97 Å². The first kappa shape index (κ1) is 29.3. The predicted molar refractivity (Wildman–Crippen MR) is 167 cm³/mol. The number of methoxy groups -OCH3 is 1. The van der Waals surface area contributed by atoms with Gasteiger partial charge in [-0.25, -0.2) is 9.97 Å². The summed E-state index contributed by atoms with van der Waals surface area (Å²) in [5.74, 6) is -2.50. The number of aryl methyl sites for hydroxylation is 1. The van der Waals surface area contributed by atoms with Crippen LogP contribution in [0.5, 0.6) is 0 Å². The molecule has 10 nitrogen and oxygen atoms in total. The molecule has 2 aromatic rings. The minimum absolute atomic E-state index is 0.125. The minimum atomic E-state index is -0.845.